The number of aromatic amines is 1. The van der Waals surface area contributed by atoms with Gasteiger partial charge in [-0.2, -0.15) is 4.98 Å². The number of hydrogen-bond donors (Lipinski definition) is 5. The van der Waals surface area contributed by atoms with E-state index in [0.717, 1.165) is 0 Å². The number of rotatable bonds is 9. The van der Waals surface area contributed by atoms with Gasteiger partial charge in [0.1, 0.15) is 6.04 Å². The van der Waals surface area contributed by atoms with E-state index in [1.807, 2.05) is 0 Å². The summed E-state index contributed by atoms with van der Waals surface area (Å²) < 4.78 is 0. The molecule has 0 aliphatic rings. The molecule has 1 aromatic carbocycles. The van der Waals surface area contributed by atoms with Crippen molar-refractivity contribution in [3.05, 3.63) is 52.1 Å². The van der Waals surface area contributed by atoms with Crippen molar-refractivity contribution in [2.75, 3.05) is 10.6 Å². The van der Waals surface area contributed by atoms with Crippen molar-refractivity contribution in [2.24, 2.45) is 0 Å². The van der Waals surface area contributed by atoms with E-state index < -0.39 is 35.9 Å². The van der Waals surface area contributed by atoms with E-state index in [4.69, 9.17) is 10.8 Å². The summed E-state index contributed by atoms with van der Waals surface area (Å²) in [6.07, 6.45) is 0.663. The minimum atomic E-state index is -1.37. The van der Waals surface area contributed by atoms with Crippen molar-refractivity contribution >= 4 is 84.3 Å². The Hall–Kier alpha value is -3.62. The Bertz CT molecular complexity index is 1360. The number of nitrogens with zero attached hydrogens (tertiary/aromatic N) is 4. The molecule has 0 spiro atoms. The maximum Gasteiger partial charge on any atom is 0.326 e. The predicted molar refractivity (Wildman–Crippen MR) is 127 cm³/mol. The number of carboxylic acid groups (broad SMARTS) is 2. The quantitative estimate of drug-likeness (QED) is 0.225. The fourth-order valence-electron chi connectivity index (χ4n) is 3.15. The summed E-state index contributed by atoms with van der Waals surface area (Å²) in [4.78, 5) is 74.6. The molecule has 14 nitrogen and oxygen atoms in total. The topological polar surface area (TPSA) is 222 Å². The molecule has 0 bridgehead atoms. The molecule has 0 aliphatic heterocycles. The van der Waals surface area contributed by atoms with Crippen LogP contribution in [0.3, 0.4) is 0 Å². The van der Waals surface area contributed by atoms with E-state index in [-0.39, 0.29) is 79.3 Å². The number of aliphatic carboxylic acids is 2. The zero-order valence-electron chi connectivity index (χ0n) is 19.1. The summed E-state index contributed by atoms with van der Waals surface area (Å²) in [5, 5.41) is 20.2. The molecule has 184 valence electrons. The van der Waals surface area contributed by atoms with Gasteiger partial charge in [0, 0.05) is 62.3 Å². The van der Waals surface area contributed by atoms with Crippen LogP contribution in [0, 0.1) is 0 Å². The number of carbonyl (C=O) groups is 4. The van der Waals surface area contributed by atoms with Gasteiger partial charge in [-0.25, -0.2) is 14.8 Å². The maximum absolute atomic E-state index is 12.4. The molecule has 2 radical (unpaired) electrons. The van der Waals surface area contributed by atoms with Gasteiger partial charge in [0.25, 0.3) is 11.5 Å². The zero-order valence-corrected chi connectivity index (χ0v) is 21.3. The van der Waals surface area contributed by atoms with Crippen LogP contribution in [-0.2, 0) is 20.9 Å². The Morgan fingerprint density at radius 1 is 1.14 bits per heavy atom. The predicted octanol–water partition coefficient (Wildman–Crippen LogP) is -0.485. The van der Waals surface area contributed by atoms with E-state index in [1.165, 1.54) is 42.3 Å². The van der Waals surface area contributed by atoms with Crippen molar-refractivity contribution < 1.29 is 29.4 Å². The molecule has 0 saturated heterocycles. The second-order valence-electron chi connectivity index (χ2n) is 7.43. The van der Waals surface area contributed by atoms with Crippen LogP contribution in [0.1, 0.15) is 35.8 Å². The first-order chi connectivity index (χ1) is 16.5. The van der Waals surface area contributed by atoms with Gasteiger partial charge in [-0.3, -0.25) is 24.2 Å². The molecule has 6 N–H and O–H groups in total. The average molecular weight is 524 g/mol. The molecule has 0 saturated carbocycles. The van der Waals surface area contributed by atoms with Gasteiger partial charge in [0.15, 0.2) is 11.2 Å². The molecule has 0 aliphatic carbocycles. The monoisotopic (exact) mass is 523 g/mol. The van der Waals surface area contributed by atoms with Crippen LogP contribution in [0.2, 0.25) is 0 Å². The minimum Gasteiger partial charge on any atom is -0.481 e. The normalized spacial score (nSPS) is 11.2. The van der Waals surface area contributed by atoms with Crippen LogP contribution in [0.4, 0.5) is 11.6 Å². The van der Waals surface area contributed by atoms with E-state index in [0.29, 0.717) is 11.4 Å². The molecule has 0 unspecified atom stereocenters. The van der Waals surface area contributed by atoms with Crippen molar-refractivity contribution in [1.82, 2.24) is 25.3 Å². The Morgan fingerprint density at radius 3 is 2.39 bits per heavy atom. The van der Waals surface area contributed by atoms with Gasteiger partial charge in [0.2, 0.25) is 11.9 Å². The number of aromatic nitrogens is 4. The standard InChI is InChI=1S/C21H21N7O7.Ca/c1-10(29)28(9-12-8-23-17-16(24-12)19(33)27-21(22)26-17)13-4-2-11(3-5-13)18(32)25-14(20(34)35)6-7-15(30)31;/h2-5,8,14H,6-7,9H2,1H3,(H,25,32)(H,30,31)(H,34,35)(H3,22,23,26,27,33);/t14-;/m0./s1. The number of fused-ring (bicyclic) bond motifs is 1. The number of carboxylic acids is 2. The first kappa shape index (κ1) is 28.6. The summed E-state index contributed by atoms with van der Waals surface area (Å²) in [6, 6.07) is 4.37. The maximum atomic E-state index is 12.4. The number of nitrogens with one attached hydrogen (secondary N) is 2. The van der Waals surface area contributed by atoms with E-state index in [1.54, 1.807) is 0 Å². The molecule has 3 rings (SSSR count). The summed E-state index contributed by atoms with van der Waals surface area (Å²) in [5.41, 5.74) is 5.75. The minimum absolute atomic E-state index is 0. The van der Waals surface area contributed by atoms with E-state index in [9.17, 15) is 29.1 Å². The molecule has 15 heteroatoms. The molecule has 1 atom stereocenters. The first-order valence-electron chi connectivity index (χ1n) is 10.2. The number of carbonyl (C=O) groups excluding carboxylic acids is 2. The van der Waals surface area contributed by atoms with Crippen LogP contribution in [0.5, 0.6) is 0 Å². The van der Waals surface area contributed by atoms with Gasteiger partial charge in [-0.1, -0.05) is 0 Å². The second kappa shape index (κ2) is 12.4. The van der Waals surface area contributed by atoms with Gasteiger partial charge >= 0.3 is 11.9 Å². The average Bonchev–Trinajstić information content (AvgIpc) is 2.79. The molecule has 3 aromatic rings. The Labute approximate surface area is 232 Å². The zero-order chi connectivity index (χ0) is 25.7. The first-order valence-corrected chi connectivity index (χ1v) is 10.2. The smallest absolute Gasteiger partial charge is 0.326 e. The SMILES string of the molecule is CC(=O)N(Cc1cnc2nc(N)[nH]c(=O)c2n1)c1ccc(C(=O)N[C@@H](CCC(=O)O)C(=O)O)cc1.[Ca]. The number of hydrogen-bond acceptors (Lipinski definition) is 9. The van der Waals surface area contributed by atoms with Crippen molar-refractivity contribution in [2.45, 2.75) is 32.4 Å². The van der Waals surface area contributed by atoms with Crippen LogP contribution in [0.25, 0.3) is 11.2 Å². The van der Waals surface area contributed by atoms with Crippen LogP contribution in [0.15, 0.2) is 35.3 Å². The third-order valence-corrected chi connectivity index (χ3v) is 4.88. The number of H-pyrrole nitrogens is 1. The van der Waals surface area contributed by atoms with Crippen molar-refractivity contribution in [1.29, 1.82) is 0 Å². The third-order valence-electron chi connectivity index (χ3n) is 4.88. The van der Waals surface area contributed by atoms with Crippen LogP contribution in [-0.4, -0.2) is 97.7 Å². The molecule has 0 fully saturated rings. The largest absolute Gasteiger partial charge is 0.481 e. The number of amides is 2. The summed E-state index contributed by atoms with van der Waals surface area (Å²) in [5.74, 6) is -3.70. The van der Waals surface area contributed by atoms with E-state index >= 15 is 0 Å². The fourth-order valence-corrected chi connectivity index (χ4v) is 3.15. The number of nitrogen functional groups attached to an aromatic ring is 1. The number of nitrogens with two attached hydrogens (primary N) is 1. The van der Waals surface area contributed by atoms with Gasteiger partial charge in [-0.15, -0.1) is 0 Å². The Morgan fingerprint density at radius 2 is 1.81 bits per heavy atom. The van der Waals surface area contributed by atoms with Crippen LogP contribution >= 0.6 is 0 Å². The summed E-state index contributed by atoms with van der Waals surface area (Å²) in [6.45, 7) is 1.29. The second-order valence-corrected chi connectivity index (χ2v) is 7.43. The number of anilines is 2. The van der Waals surface area contributed by atoms with Gasteiger partial charge in [0.05, 0.1) is 18.4 Å². The van der Waals surface area contributed by atoms with Gasteiger partial charge < -0.3 is 26.2 Å². The number of benzene rings is 1. The van der Waals surface area contributed by atoms with Gasteiger partial charge in [-0.05, 0) is 30.7 Å². The van der Waals surface area contributed by atoms with E-state index in [2.05, 4.69) is 25.3 Å². The molecule has 2 heterocycles. The van der Waals surface area contributed by atoms with Crippen molar-refractivity contribution in [3.63, 3.8) is 0 Å². The summed E-state index contributed by atoms with van der Waals surface area (Å²) in [7, 11) is 0. The molecule has 2 amide bonds. The van der Waals surface area contributed by atoms with Crippen LogP contribution < -0.4 is 21.5 Å². The molecule has 2 aromatic heterocycles. The third kappa shape index (κ3) is 7.19. The molecule has 36 heavy (non-hydrogen) atoms. The Kier molecular flexibility index (Phi) is 9.84. The molecular weight excluding hydrogens is 502 g/mol. The van der Waals surface area contributed by atoms with Crippen molar-refractivity contribution in [3.8, 4) is 0 Å². The fraction of sp³-hybridized carbons (Fsp3) is 0.238. The molecular formula is C21H21CaN7O7. The Balaban J connectivity index is 0.00000456. The summed E-state index contributed by atoms with van der Waals surface area (Å²) >= 11 is 0.